The minimum absolute atomic E-state index is 0.176. The van der Waals surface area contributed by atoms with Crippen molar-refractivity contribution in [3.8, 4) is 0 Å². The van der Waals surface area contributed by atoms with Crippen LogP contribution >= 0.6 is 0 Å². The number of nitrogens with two attached hydrogens (primary N) is 1. The number of hydrogen-bond acceptors (Lipinski definition) is 4. The molecule has 0 spiro atoms. The first-order chi connectivity index (χ1) is 7.27. The Bertz CT molecular complexity index is 309. The fraction of sp³-hybridized carbons (Fsp3) is 0.600. The summed E-state index contributed by atoms with van der Waals surface area (Å²) in [6.07, 6.45) is 4.65. The lowest BCUT2D eigenvalue weighted by atomic mass is 10.3. The summed E-state index contributed by atoms with van der Waals surface area (Å²) < 4.78 is 6.78. The van der Waals surface area contributed by atoms with Crippen molar-refractivity contribution in [2.75, 3.05) is 13.2 Å². The Labute approximate surface area is 89.2 Å². The Kier molecular flexibility index (Phi) is 4.83. The average molecular weight is 211 g/mol. The van der Waals surface area contributed by atoms with E-state index in [0.717, 1.165) is 12.1 Å². The number of aryl methyl sites for hydroxylation is 1. The molecule has 0 fully saturated rings. The molecule has 1 heterocycles. The maximum Gasteiger partial charge on any atom is 0.307 e. The zero-order chi connectivity index (χ0) is 11.1. The summed E-state index contributed by atoms with van der Waals surface area (Å²) in [5.41, 5.74) is 6.52. The van der Waals surface area contributed by atoms with Gasteiger partial charge in [-0.3, -0.25) is 4.79 Å². The summed E-state index contributed by atoms with van der Waals surface area (Å²) in [5, 5.41) is 0. The molecule has 0 saturated carbocycles. The second kappa shape index (κ2) is 6.19. The highest BCUT2D eigenvalue weighted by Crippen LogP contribution is 2.01. The van der Waals surface area contributed by atoms with Crippen molar-refractivity contribution in [3.05, 3.63) is 18.2 Å². The third-order valence-corrected chi connectivity index (χ3v) is 2.06. The third kappa shape index (κ3) is 3.71. The summed E-state index contributed by atoms with van der Waals surface area (Å²) in [6.45, 7) is 3.42. The van der Waals surface area contributed by atoms with Crippen molar-refractivity contribution in [2.45, 2.75) is 26.3 Å². The summed E-state index contributed by atoms with van der Waals surface area (Å²) in [5.74, 6) is -0.176. The monoisotopic (exact) mass is 211 g/mol. The largest absolute Gasteiger partial charge is 0.466 e. The number of nitrogens with zero attached hydrogens (tertiary/aromatic N) is 2. The summed E-state index contributed by atoms with van der Waals surface area (Å²) in [7, 11) is 0. The lowest BCUT2D eigenvalue weighted by Gasteiger charge is -2.06. The van der Waals surface area contributed by atoms with E-state index in [-0.39, 0.29) is 5.97 Å². The van der Waals surface area contributed by atoms with Gasteiger partial charge in [-0.15, -0.1) is 0 Å². The van der Waals surface area contributed by atoms with Crippen LogP contribution in [0.2, 0.25) is 0 Å². The van der Waals surface area contributed by atoms with Gasteiger partial charge in [-0.25, -0.2) is 4.98 Å². The fourth-order valence-electron chi connectivity index (χ4n) is 1.35. The minimum Gasteiger partial charge on any atom is -0.466 e. The van der Waals surface area contributed by atoms with Crippen molar-refractivity contribution in [3.63, 3.8) is 0 Å². The second-order valence-corrected chi connectivity index (χ2v) is 3.17. The van der Waals surface area contributed by atoms with E-state index in [4.69, 9.17) is 10.5 Å². The number of carbonyl (C=O) groups excluding carboxylic acids is 1. The second-order valence-electron chi connectivity index (χ2n) is 3.17. The van der Waals surface area contributed by atoms with Crippen LogP contribution in [0.15, 0.2) is 12.5 Å². The van der Waals surface area contributed by atoms with Crippen LogP contribution in [0.5, 0.6) is 0 Å². The molecule has 0 radical (unpaired) electrons. The first kappa shape index (κ1) is 11.7. The summed E-state index contributed by atoms with van der Waals surface area (Å²) in [4.78, 5) is 15.1. The Morgan fingerprint density at radius 1 is 1.67 bits per heavy atom. The van der Waals surface area contributed by atoms with Gasteiger partial charge in [-0.05, 0) is 13.5 Å². The van der Waals surface area contributed by atoms with E-state index in [9.17, 15) is 4.79 Å². The van der Waals surface area contributed by atoms with E-state index in [1.54, 1.807) is 19.4 Å². The lowest BCUT2D eigenvalue weighted by Crippen LogP contribution is -2.12. The molecule has 0 atom stereocenters. The van der Waals surface area contributed by atoms with Crippen LogP contribution in [0.4, 0.5) is 0 Å². The standard InChI is InChI=1S/C10H17N3O2/c1-2-15-10(14)4-6-13-8-12-7-9(13)3-5-11/h7-8H,2-6,11H2,1H3. The van der Waals surface area contributed by atoms with Crippen molar-refractivity contribution in [1.82, 2.24) is 9.55 Å². The number of esters is 1. The Hall–Kier alpha value is -1.36. The molecule has 0 aliphatic carbocycles. The molecule has 0 bridgehead atoms. The van der Waals surface area contributed by atoms with Gasteiger partial charge in [0.1, 0.15) is 0 Å². The van der Waals surface area contributed by atoms with Crippen LogP contribution < -0.4 is 5.73 Å². The molecule has 15 heavy (non-hydrogen) atoms. The molecule has 5 nitrogen and oxygen atoms in total. The Balaban J connectivity index is 2.42. The number of rotatable bonds is 6. The number of imidazole rings is 1. The van der Waals surface area contributed by atoms with Crippen molar-refractivity contribution >= 4 is 5.97 Å². The fourth-order valence-corrected chi connectivity index (χ4v) is 1.35. The molecule has 0 aliphatic heterocycles. The van der Waals surface area contributed by atoms with Crippen LogP contribution in [-0.2, 0) is 22.5 Å². The van der Waals surface area contributed by atoms with Crippen molar-refractivity contribution < 1.29 is 9.53 Å². The first-order valence-corrected chi connectivity index (χ1v) is 5.12. The van der Waals surface area contributed by atoms with E-state index < -0.39 is 0 Å². The predicted molar refractivity (Wildman–Crippen MR) is 56.2 cm³/mol. The quantitative estimate of drug-likeness (QED) is 0.689. The molecule has 1 aromatic rings. The van der Waals surface area contributed by atoms with Gasteiger partial charge in [-0.2, -0.15) is 0 Å². The maximum absolute atomic E-state index is 11.1. The summed E-state index contributed by atoms with van der Waals surface area (Å²) >= 11 is 0. The highest BCUT2D eigenvalue weighted by molar-refractivity contribution is 5.69. The molecule has 2 N–H and O–H groups in total. The van der Waals surface area contributed by atoms with Gasteiger partial charge < -0.3 is 15.0 Å². The van der Waals surface area contributed by atoms with E-state index in [1.165, 1.54) is 0 Å². The number of aromatic nitrogens is 2. The molecule has 0 aliphatic rings. The molecule has 0 aromatic carbocycles. The molecule has 5 heteroatoms. The molecule has 0 amide bonds. The molecule has 1 aromatic heterocycles. The molecule has 0 unspecified atom stereocenters. The Morgan fingerprint density at radius 3 is 3.13 bits per heavy atom. The Morgan fingerprint density at radius 2 is 2.47 bits per heavy atom. The predicted octanol–water partition coefficient (Wildman–Crippen LogP) is 0.338. The van der Waals surface area contributed by atoms with Gasteiger partial charge in [0.25, 0.3) is 0 Å². The number of hydrogen-bond donors (Lipinski definition) is 1. The van der Waals surface area contributed by atoms with Gasteiger partial charge in [0, 0.05) is 24.9 Å². The lowest BCUT2D eigenvalue weighted by molar-refractivity contribution is -0.143. The van der Waals surface area contributed by atoms with Gasteiger partial charge in [-0.1, -0.05) is 0 Å². The smallest absolute Gasteiger partial charge is 0.307 e. The minimum atomic E-state index is -0.176. The highest BCUT2D eigenvalue weighted by Gasteiger charge is 2.05. The molecule has 1 rings (SSSR count). The van der Waals surface area contributed by atoms with Crippen molar-refractivity contribution in [1.29, 1.82) is 0 Å². The maximum atomic E-state index is 11.1. The molecular weight excluding hydrogens is 194 g/mol. The van der Waals surface area contributed by atoms with Crippen LogP contribution in [0, 0.1) is 0 Å². The first-order valence-electron chi connectivity index (χ1n) is 5.12. The van der Waals surface area contributed by atoms with Crippen LogP contribution in [0.1, 0.15) is 19.0 Å². The average Bonchev–Trinajstić information content (AvgIpc) is 2.64. The van der Waals surface area contributed by atoms with Crippen LogP contribution in [-0.4, -0.2) is 28.7 Å². The zero-order valence-electron chi connectivity index (χ0n) is 8.98. The van der Waals surface area contributed by atoms with Gasteiger partial charge in [0.05, 0.1) is 19.4 Å². The van der Waals surface area contributed by atoms with Crippen LogP contribution in [0.3, 0.4) is 0 Å². The summed E-state index contributed by atoms with van der Waals surface area (Å²) in [6, 6.07) is 0. The molecule has 0 saturated heterocycles. The third-order valence-electron chi connectivity index (χ3n) is 2.06. The van der Waals surface area contributed by atoms with E-state index in [0.29, 0.717) is 26.1 Å². The van der Waals surface area contributed by atoms with Crippen LogP contribution in [0.25, 0.3) is 0 Å². The zero-order valence-corrected chi connectivity index (χ0v) is 8.98. The number of carbonyl (C=O) groups is 1. The van der Waals surface area contributed by atoms with E-state index in [1.807, 2.05) is 4.57 Å². The van der Waals surface area contributed by atoms with E-state index in [2.05, 4.69) is 4.98 Å². The molecular formula is C10H17N3O2. The molecule has 84 valence electrons. The van der Waals surface area contributed by atoms with Gasteiger partial charge in [0.2, 0.25) is 0 Å². The van der Waals surface area contributed by atoms with E-state index >= 15 is 0 Å². The SMILES string of the molecule is CCOC(=O)CCn1cncc1CCN. The highest BCUT2D eigenvalue weighted by atomic mass is 16.5. The van der Waals surface area contributed by atoms with Gasteiger partial charge >= 0.3 is 5.97 Å². The number of ether oxygens (including phenoxy) is 1. The topological polar surface area (TPSA) is 70.1 Å². The van der Waals surface area contributed by atoms with Crippen molar-refractivity contribution in [2.24, 2.45) is 5.73 Å². The van der Waals surface area contributed by atoms with Gasteiger partial charge in [0.15, 0.2) is 0 Å². The normalized spacial score (nSPS) is 10.3.